The zero-order valence-corrected chi connectivity index (χ0v) is 13.9. The summed E-state index contributed by atoms with van der Waals surface area (Å²) in [4.78, 5) is 2.64. The van der Waals surface area contributed by atoms with E-state index in [0.717, 1.165) is 19.8 Å². The van der Waals surface area contributed by atoms with E-state index in [2.05, 4.69) is 42.8 Å². The van der Waals surface area contributed by atoms with E-state index in [1.54, 1.807) is 0 Å². The van der Waals surface area contributed by atoms with Crippen LogP contribution in [0.1, 0.15) is 58.2 Å². The third-order valence-electron chi connectivity index (χ3n) is 5.66. The second-order valence-corrected chi connectivity index (χ2v) is 7.89. The van der Waals surface area contributed by atoms with Crippen LogP contribution in [0, 0.1) is 5.41 Å². The second-order valence-electron chi connectivity index (χ2n) is 7.89. The molecule has 1 aromatic rings. The standard InChI is InChI=1S/C17H29N3O/c1-13-17(6-9-21-10-7-17)5-8-20(13)12-14-11-18-19-15(14)16(2,3)4/h11,13H,5-10,12H2,1-4H3,(H,18,19). The van der Waals surface area contributed by atoms with Crippen molar-refractivity contribution in [2.24, 2.45) is 5.41 Å². The molecule has 0 aliphatic carbocycles. The molecule has 0 saturated carbocycles. The van der Waals surface area contributed by atoms with E-state index >= 15 is 0 Å². The minimum Gasteiger partial charge on any atom is -0.381 e. The number of hydrogen-bond donors (Lipinski definition) is 1. The van der Waals surface area contributed by atoms with Crippen LogP contribution in [-0.4, -0.2) is 40.9 Å². The molecule has 4 heteroatoms. The molecule has 2 saturated heterocycles. The molecule has 0 aromatic carbocycles. The fraction of sp³-hybridized carbons (Fsp3) is 0.824. The Bertz CT molecular complexity index is 482. The lowest BCUT2D eigenvalue weighted by molar-refractivity contribution is -0.00153. The van der Waals surface area contributed by atoms with Gasteiger partial charge in [0.25, 0.3) is 0 Å². The van der Waals surface area contributed by atoms with Crippen molar-refractivity contribution in [3.63, 3.8) is 0 Å². The predicted molar refractivity (Wildman–Crippen MR) is 84.3 cm³/mol. The maximum absolute atomic E-state index is 5.58. The monoisotopic (exact) mass is 291 g/mol. The van der Waals surface area contributed by atoms with Crippen LogP contribution in [0.2, 0.25) is 0 Å². The Morgan fingerprint density at radius 1 is 1.33 bits per heavy atom. The minimum absolute atomic E-state index is 0.130. The van der Waals surface area contributed by atoms with Crippen LogP contribution in [0.5, 0.6) is 0 Å². The summed E-state index contributed by atoms with van der Waals surface area (Å²) in [6.45, 7) is 13.3. The van der Waals surface area contributed by atoms with Gasteiger partial charge in [-0.1, -0.05) is 20.8 Å². The first-order valence-corrected chi connectivity index (χ1v) is 8.27. The summed E-state index contributed by atoms with van der Waals surface area (Å²) in [5.74, 6) is 0. The van der Waals surface area contributed by atoms with Gasteiger partial charge in [-0.05, 0) is 38.1 Å². The highest BCUT2D eigenvalue weighted by Gasteiger charge is 2.45. The number of likely N-dealkylation sites (tertiary alicyclic amines) is 1. The first-order chi connectivity index (χ1) is 9.92. The Morgan fingerprint density at radius 3 is 2.71 bits per heavy atom. The van der Waals surface area contributed by atoms with E-state index in [9.17, 15) is 0 Å². The molecule has 2 aliphatic rings. The van der Waals surface area contributed by atoms with E-state index in [4.69, 9.17) is 4.74 Å². The van der Waals surface area contributed by atoms with Gasteiger partial charge in [-0.3, -0.25) is 10.00 Å². The Kier molecular flexibility index (Phi) is 3.87. The summed E-state index contributed by atoms with van der Waals surface area (Å²) < 4.78 is 5.58. The molecule has 0 amide bonds. The number of nitrogens with zero attached hydrogens (tertiary/aromatic N) is 2. The van der Waals surface area contributed by atoms with Gasteiger partial charge in [0.1, 0.15) is 0 Å². The van der Waals surface area contributed by atoms with E-state index in [1.165, 1.54) is 37.1 Å². The average Bonchev–Trinajstić information content (AvgIpc) is 3.01. The summed E-state index contributed by atoms with van der Waals surface area (Å²) in [6, 6.07) is 0.643. The van der Waals surface area contributed by atoms with Gasteiger partial charge in [0.15, 0.2) is 0 Å². The lowest BCUT2D eigenvalue weighted by atomic mass is 9.74. The number of hydrogen-bond acceptors (Lipinski definition) is 3. The Balaban J connectivity index is 1.73. The van der Waals surface area contributed by atoms with Gasteiger partial charge in [0, 0.05) is 42.5 Å². The number of ether oxygens (including phenoxy) is 1. The molecule has 21 heavy (non-hydrogen) atoms. The van der Waals surface area contributed by atoms with E-state index in [1.807, 2.05) is 6.20 Å². The van der Waals surface area contributed by atoms with Crippen LogP contribution in [0.3, 0.4) is 0 Å². The van der Waals surface area contributed by atoms with Crippen molar-refractivity contribution < 1.29 is 4.74 Å². The highest BCUT2D eigenvalue weighted by molar-refractivity contribution is 5.23. The van der Waals surface area contributed by atoms with Gasteiger partial charge in [-0.25, -0.2) is 0 Å². The van der Waals surface area contributed by atoms with Gasteiger partial charge in [0.05, 0.1) is 6.20 Å². The third-order valence-corrected chi connectivity index (χ3v) is 5.66. The highest BCUT2D eigenvalue weighted by Crippen LogP contribution is 2.45. The molecule has 1 atom stereocenters. The number of rotatable bonds is 2. The molecule has 1 N–H and O–H groups in total. The van der Waals surface area contributed by atoms with Crippen molar-refractivity contribution in [1.29, 1.82) is 0 Å². The number of aromatic amines is 1. The number of nitrogens with one attached hydrogen (secondary N) is 1. The van der Waals surface area contributed by atoms with Crippen LogP contribution < -0.4 is 0 Å². The maximum atomic E-state index is 5.58. The quantitative estimate of drug-likeness (QED) is 0.910. The van der Waals surface area contributed by atoms with Crippen molar-refractivity contribution in [3.05, 3.63) is 17.5 Å². The summed E-state index contributed by atoms with van der Waals surface area (Å²) in [5, 5.41) is 7.50. The van der Waals surface area contributed by atoms with Crippen LogP contribution in [0.15, 0.2) is 6.20 Å². The van der Waals surface area contributed by atoms with E-state index in [0.29, 0.717) is 11.5 Å². The highest BCUT2D eigenvalue weighted by atomic mass is 16.5. The molecule has 3 heterocycles. The zero-order valence-electron chi connectivity index (χ0n) is 13.9. The number of aromatic nitrogens is 2. The molecule has 1 unspecified atom stereocenters. The Labute approximate surface area is 128 Å². The summed E-state index contributed by atoms with van der Waals surface area (Å²) >= 11 is 0. The summed E-state index contributed by atoms with van der Waals surface area (Å²) in [7, 11) is 0. The molecule has 2 aliphatic heterocycles. The van der Waals surface area contributed by atoms with E-state index in [-0.39, 0.29) is 5.41 Å². The first-order valence-electron chi connectivity index (χ1n) is 8.27. The van der Waals surface area contributed by atoms with Gasteiger partial charge in [-0.15, -0.1) is 0 Å². The lowest BCUT2D eigenvalue weighted by Crippen LogP contribution is -2.40. The lowest BCUT2D eigenvalue weighted by Gasteiger charge is -2.39. The Hall–Kier alpha value is -0.870. The van der Waals surface area contributed by atoms with Crippen molar-refractivity contribution >= 4 is 0 Å². The van der Waals surface area contributed by atoms with Gasteiger partial charge in [-0.2, -0.15) is 5.10 Å². The van der Waals surface area contributed by atoms with Crippen molar-refractivity contribution in [1.82, 2.24) is 15.1 Å². The van der Waals surface area contributed by atoms with Gasteiger partial charge < -0.3 is 4.74 Å². The molecule has 1 spiro atoms. The van der Waals surface area contributed by atoms with Crippen LogP contribution in [0.25, 0.3) is 0 Å². The number of H-pyrrole nitrogens is 1. The largest absolute Gasteiger partial charge is 0.381 e. The SMILES string of the molecule is CC1N(Cc2cn[nH]c2C(C)(C)C)CCC12CCOCC2. The maximum Gasteiger partial charge on any atom is 0.0535 e. The molecule has 0 radical (unpaired) electrons. The normalized spacial score (nSPS) is 26.6. The fourth-order valence-corrected chi connectivity index (χ4v) is 4.12. The van der Waals surface area contributed by atoms with Crippen LogP contribution >= 0.6 is 0 Å². The average molecular weight is 291 g/mol. The van der Waals surface area contributed by atoms with Gasteiger partial charge >= 0.3 is 0 Å². The fourth-order valence-electron chi connectivity index (χ4n) is 4.12. The van der Waals surface area contributed by atoms with Crippen LogP contribution in [0.4, 0.5) is 0 Å². The van der Waals surface area contributed by atoms with Gasteiger partial charge in [0.2, 0.25) is 0 Å². The van der Waals surface area contributed by atoms with E-state index < -0.39 is 0 Å². The minimum atomic E-state index is 0.130. The predicted octanol–water partition coefficient (Wildman–Crippen LogP) is 3.10. The zero-order chi connectivity index (χ0) is 15.1. The molecule has 4 nitrogen and oxygen atoms in total. The molecule has 3 rings (SSSR count). The topological polar surface area (TPSA) is 41.2 Å². The third kappa shape index (κ3) is 2.76. The Morgan fingerprint density at radius 2 is 2.05 bits per heavy atom. The van der Waals surface area contributed by atoms with Crippen molar-refractivity contribution in [3.8, 4) is 0 Å². The van der Waals surface area contributed by atoms with Crippen LogP contribution in [-0.2, 0) is 16.7 Å². The molecule has 1 aromatic heterocycles. The van der Waals surface area contributed by atoms with Crippen molar-refractivity contribution in [2.45, 2.75) is 65.0 Å². The van der Waals surface area contributed by atoms with Crippen molar-refractivity contribution in [2.75, 3.05) is 19.8 Å². The summed E-state index contributed by atoms with van der Waals surface area (Å²) in [6.07, 6.45) is 5.78. The molecular weight excluding hydrogens is 262 g/mol. The molecular formula is C17H29N3O. The smallest absolute Gasteiger partial charge is 0.0535 e. The molecule has 118 valence electrons. The molecule has 2 fully saturated rings. The summed E-state index contributed by atoms with van der Waals surface area (Å²) in [5.41, 5.74) is 3.26. The molecule has 0 bridgehead atoms. The first kappa shape index (κ1) is 15.0. The second kappa shape index (κ2) is 5.40.